The Balaban J connectivity index is 1.46. The van der Waals surface area contributed by atoms with Crippen LogP contribution in [-0.4, -0.2) is 38.1 Å². The molecule has 0 radical (unpaired) electrons. The normalized spacial score (nSPS) is 13.1. The van der Waals surface area contributed by atoms with E-state index in [2.05, 4.69) is 24.5 Å². The summed E-state index contributed by atoms with van der Waals surface area (Å²) in [5.74, 6) is 1.27. The zero-order chi connectivity index (χ0) is 19.3. The second-order valence-corrected chi connectivity index (χ2v) is 7.95. The number of hydrogen-bond acceptors (Lipinski definition) is 5. The molecule has 1 aromatic carbocycles. The van der Waals surface area contributed by atoms with E-state index in [4.69, 9.17) is 9.47 Å². The molecule has 2 N–H and O–H groups in total. The van der Waals surface area contributed by atoms with Gasteiger partial charge in [-0.1, -0.05) is 26.0 Å². The van der Waals surface area contributed by atoms with E-state index < -0.39 is 0 Å². The Bertz CT molecular complexity index is 802. The summed E-state index contributed by atoms with van der Waals surface area (Å²) in [7, 11) is 0. The minimum atomic E-state index is -0.258. The highest BCUT2D eigenvalue weighted by atomic mass is 32.1. The summed E-state index contributed by atoms with van der Waals surface area (Å²) < 4.78 is 11.2. The zero-order valence-corrected chi connectivity index (χ0v) is 16.4. The largest absolute Gasteiger partial charge is 0.486 e. The maximum Gasteiger partial charge on any atom is 0.261 e. The van der Waals surface area contributed by atoms with Crippen LogP contribution in [0, 0.1) is 0 Å². The predicted octanol–water partition coefficient (Wildman–Crippen LogP) is 2.73. The number of thiophene rings is 1. The molecule has 0 fully saturated rings. The molecule has 2 amide bonds. The van der Waals surface area contributed by atoms with Gasteiger partial charge >= 0.3 is 0 Å². The fourth-order valence-electron chi connectivity index (χ4n) is 2.76. The summed E-state index contributed by atoms with van der Waals surface area (Å²) >= 11 is 1.38. The highest BCUT2D eigenvalue weighted by molar-refractivity contribution is 7.12. The Labute approximate surface area is 162 Å². The van der Waals surface area contributed by atoms with Crippen molar-refractivity contribution in [2.24, 2.45) is 0 Å². The van der Waals surface area contributed by atoms with E-state index in [1.54, 1.807) is 6.07 Å². The van der Waals surface area contributed by atoms with Gasteiger partial charge < -0.3 is 20.1 Å². The van der Waals surface area contributed by atoms with Crippen molar-refractivity contribution >= 4 is 23.2 Å². The summed E-state index contributed by atoms with van der Waals surface area (Å²) in [6, 6.07) is 9.47. The van der Waals surface area contributed by atoms with Gasteiger partial charge in [-0.3, -0.25) is 9.59 Å². The van der Waals surface area contributed by atoms with Crippen LogP contribution in [-0.2, 0) is 10.2 Å². The smallest absolute Gasteiger partial charge is 0.261 e. The number of carbonyl (C=O) groups is 2. The van der Waals surface area contributed by atoms with Gasteiger partial charge in [-0.05, 0) is 29.1 Å². The molecule has 0 bridgehead atoms. The summed E-state index contributed by atoms with van der Waals surface area (Å²) in [6.45, 7) is 6.05. The molecule has 1 aromatic heterocycles. The quantitative estimate of drug-likeness (QED) is 0.765. The molecule has 0 saturated carbocycles. The van der Waals surface area contributed by atoms with E-state index in [1.165, 1.54) is 11.3 Å². The molecule has 144 valence electrons. The third-order valence-corrected chi connectivity index (χ3v) is 5.30. The number of fused-ring (bicyclic) bond motifs is 1. The van der Waals surface area contributed by atoms with Gasteiger partial charge in [-0.25, -0.2) is 0 Å². The molecule has 0 atom stereocenters. The van der Waals surface area contributed by atoms with E-state index in [1.807, 2.05) is 29.6 Å². The molecule has 7 heteroatoms. The van der Waals surface area contributed by atoms with Gasteiger partial charge in [0.1, 0.15) is 13.2 Å². The fraction of sp³-hybridized carbons (Fsp3) is 0.400. The minimum absolute atomic E-state index is 0.0907. The topological polar surface area (TPSA) is 76.7 Å². The Kier molecular flexibility index (Phi) is 6.01. The number of hydrogen-bond donors (Lipinski definition) is 2. The minimum Gasteiger partial charge on any atom is -0.486 e. The van der Waals surface area contributed by atoms with Gasteiger partial charge in [0.15, 0.2) is 11.5 Å². The SMILES string of the molecule is CC(C)(CNC(=O)CCNC(=O)c1cccs1)c1ccc2c(c1)OCCO2. The Hall–Kier alpha value is -2.54. The maximum absolute atomic E-state index is 12.1. The lowest BCUT2D eigenvalue weighted by Gasteiger charge is -2.28. The van der Waals surface area contributed by atoms with Crippen LogP contribution in [0.15, 0.2) is 35.7 Å². The first-order valence-corrected chi connectivity index (χ1v) is 9.82. The Morgan fingerprint density at radius 3 is 2.63 bits per heavy atom. The predicted molar refractivity (Wildman–Crippen MR) is 105 cm³/mol. The molecule has 2 heterocycles. The van der Waals surface area contributed by atoms with Crippen LogP contribution in [0.1, 0.15) is 35.5 Å². The van der Waals surface area contributed by atoms with Crippen LogP contribution in [0.3, 0.4) is 0 Å². The number of nitrogens with one attached hydrogen (secondary N) is 2. The van der Waals surface area contributed by atoms with E-state index in [9.17, 15) is 9.59 Å². The van der Waals surface area contributed by atoms with Gasteiger partial charge in [0, 0.05) is 24.9 Å². The molecule has 6 nitrogen and oxygen atoms in total. The number of benzene rings is 1. The molecule has 1 aliphatic rings. The second kappa shape index (κ2) is 8.43. The van der Waals surface area contributed by atoms with E-state index in [-0.39, 0.29) is 23.7 Å². The van der Waals surface area contributed by atoms with Crippen molar-refractivity contribution in [3.63, 3.8) is 0 Å². The maximum atomic E-state index is 12.1. The fourth-order valence-corrected chi connectivity index (χ4v) is 3.40. The Morgan fingerprint density at radius 1 is 1.11 bits per heavy atom. The van der Waals surface area contributed by atoms with Gasteiger partial charge in [-0.15, -0.1) is 11.3 Å². The first kappa shape index (κ1) is 19.2. The van der Waals surface area contributed by atoms with E-state index >= 15 is 0 Å². The van der Waals surface area contributed by atoms with Crippen molar-refractivity contribution in [2.45, 2.75) is 25.7 Å². The summed E-state index contributed by atoms with van der Waals surface area (Å²) in [5, 5.41) is 7.56. The average molecular weight is 388 g/mol. The molecular formula is C20H24N2O4S. The van der Waals surface area contributed by atoms with Crippen molar-refractivity contribution in [3.05, 3.63) is 46.2 Å². The van der Waals surface area contributed by atoms with Crippen LogP contribution in [0.4, 0.5) is 0 Å². The van der Waals surface area contributed by atoms with Crippen LogP contribution in [0.25, 0.3) is 0 Å². The first-order valence-electron chi connectivity index (χ1n) is 8.94. The molecule has 0 spiro atoms. The van der Waals surface area contributed by atoms with Crippen LogP contribution < -0.4 is 20.1 Å². The van der Waals surface area contributed by atoms with Gasteiger partial charge in [0.2, 0.25) is 5.91 Å². The lowest BCUT2D eigenvalue weighted by atomic mass is 9.84. The molecular weight excluding hydrogens is 364 g/mol. The van der Waals surface area contributed by atoms with Crippen molar-refractivity contribution in [1.29, 1.82) is 0 Å². The van der Waals surface area contributed by atoms with Crippen LogP contribution >= 0.6 is 11.3 Å². The van der Waals surface area contributed by atoms with Crippen molar-refractivity contribution < 1.29 is 19.1 Å². The molecule has 0 unspecified atom stereocenters. The van der Waals surface area contributed by atoms with Crippen molar-refractivity contribution in [1.82, 2.24) is 10.6 Å². The third-order valence-electron chi connectivity index (χ3n) is 4.43. The van der Waals surface area contributed by atoms with Crippen molar-refractivity contribution in [2.75, 3.05) is 26.3 Å². The second-order valence-electron chi connectivity index (χ2n) is 7.00. The first-order chi connectivity index (χ1) is 13.0. The molecule has 0 aliphatic carbocycles. The van der Waals surface area contributed by atoms with Crippen LogP contribution in [0.5, 0.6) is 11.5 Å². The summed E-state index contributed by atoms with van der Waals surface area (Å²) in [6.07, 6.45) is 0.244. The van der Waals surface area contributed by atoms with Gasteiger partial charge in [0.25, 0.3) is 5.91 Å². The number of ether oxygens (including phenoxy) is 2. The molecule has 1 aliphatic heterocycles. The third kappa shape index (κ3) is 5.01. The monoisotopic (exact) mass is 388 g/mol. The molecule has 2 aromatic rings. The van der Waals surface area contributed by atoms with Gasteiger partial charge in [-0.2, -0.15) is 0 Å². The number of amides is 2. The molecule has 0 saturated heterocycles. The van der Waals surface area contributed by atoms with Crippen molar-refractivity contribution in [3.8, 4) is 11.5 Å². The lowest BCUT2D eigenvalue weighted by molar-refractivity contribution is -0.121. The molecule has 27 heavy (non-hydrogen) atoms. The highest BCUT2D eigenvalue weighted by Gasteiger charge is 2.24. The Morgan fingerprint density at radius 2 is 1.89 bits per heavy atom. The van der Waals surface area contributed by atoms with Gasteiger partial charge in [0.05, 0.1) is 4.88 Å². The summed E-state index contributed by atoms with van der Waals surface area (Å²) in [5.41, 5.74) is 0.809. The average Bonchev–Trinajstić information content (AvgIpc) is 3.21. The summed E-state index contributed by atoms with van der Waals surface area (Å²) in [4.78, 5) is 24.6. The number of carbonyl (C=O) groups excluding carboxylic acids is 2. The number of rotatable bonds is 7. The zero-order valence-electron chi connectivity index (χ0n) is 15.5. The highest BCUT2D eigenvalue weighted by Crippen LogP contribution is 2.34. The molecule has 3 rings (SSSR count). The van der Waals surface area contributed by atoms with E-state index in [0.717, 1.165) is 17.1 Å². The standard InChI is InChI=1S/C20H24N2O4S/c1-20(2,14-5-6-15-16(12-14)26-10-9-25-15)13-22-18(23)7-8-21-19(24)17-4-3-11-27-17/h3-6,11-12H,7-10,13H2,1-2H3,(H,21,24)(H,22,23). The van der Waals surface area contributed by atoms with E-state index in [0.29, 0.717) is 31.2 Å². The van der Waals surface area contributed by atoms with Crippen LogP contribution in [0.2, 0.25) is 0 Å². The lowest BCUT2D eigenvalue weighted by Crippen LogP contribution is -2.38.